The molecule has 1 rings (SSSR count). The summed E-state index contributed by atoms with van der Waals surface area (Å²) in [5, 5.41) is 3.11. The van der Waals surface area contributed by atoms with Gasteiger partial charge in [-0.05, 0) is 18.5 Å². The molecular formula is C11H14F3NS. The van der Waals surface area contributed by atoms with E-state index in [0.717, 1.165) is 5.56 Å². The molecule has 0 aliphatic rings. The second-order valence-electron chi connectivity index (χ2n) is 3.31. The van der Waals surface area contributed by atoms with Gasteiger partial charge in [0.1, 0.15) is 0 Å². The summed E-state index contributed by atoms with van der Waals surface area (Å²) in [6.07, 6.45) is 0.525. The van der Waals surface area contributed by atoms with Crippen LogP contribution in [0.3, 0.4) is 0 Å². The average Bonchev–Trinajstić information content (AvgIpc) is 2.23. The molecule has 0 radical (unpaired) electrons. The van der Waals surface area contributed by atoms with Gasteiger partial charge in [0.15, 0.2) is 0 Å². The Bertz CT molecular complexity index is 287. The van der Waals surface area contributed by atoms with Crippen molar-refractivity contribution in [3.8, 4) is 0 Å². The molecule has 1 aromatic carbocycles. The van der Waals surface area contributed by atoms with E-state index < -0.39 is 5.51 Å². The SMILES string of the molecule is FC(F)(F)SCCCNCc1ccccc1. The first-order valence-corrected chi connectivity index (χ1v) is 6.02. The third kappa shape index (κ3) is 6.74. The highest BCUT2D eigenvalue weighted by atomic mass is 32.2. The summed E-state index contributed by atoms with van der Waals surface area (Å²) < 4.78 is 35.3. The Labute approximate surface area is 97.4 Å². The standard InChI is InChI=1S/C11H14F3NS/c12-11(13,14)16-8-4-7-15-9-10-5-2-1-3-6-10/h1-3,5-6,15H,4,7-9H2. The zero-order chi connectivity index (χ0) is 11.9. The molecule has 1 aromatic rings. The molecule has 0 saturated carbocycles. The van der Waals surface area contributed by atoms with Crippen molar-refractivity contribution in [1.82, 2.24) is 5.32 Å². The average molecular weight is 249 g/mol. The van der Waals surface area contributed by atoms with Crippen LogP contribution >= 0.6 is 11.8 Å². The predicted molar refractivity (Wildman–Crippen MR) is 61.3 cm³/mol. The zero-order valence-corrected chi connectivity index (χ0v) is 9.57. The first-order chi connectivity index (χ1) is 7.58. The summed E-state index contributed by atoms with van der Waals surface area (Å²) in [7, 11) is 0. The molecule has 0 aliphatic carbocycles. The topological polar surface area (TPSA) is 12.0 Å². The fourth-order valence-electron chi connectivity index (χ4n) is 1.21. The van der Waals surface area contributed by atoms with Crippen LogP contribution in [-0.2, 0) is 6.54 Å². The summed E-state index contributed by atoms with van der Waals surface area (Å²) in [6, 6.07) is 9.78. The van der Waals surface area contributed by atoms with Gasteiger partial charge in [-0.25, -0.2) is 0 Å². The van der Waals surface area contributed by atoms with E-state index in [1.165, 1.54) is 0 Å². The normalized spacial score (nSPS) is 11.7. The minimum Gasteiger partial charge on any atom is -0.313 e. The van der Waals surface area contributed by atoms with Crippen molar-refractivity contribution in [2.24, 2.45) is 0 Å². The summed E-state index contributed by atoms with van der Waals surface area (Å²) in [5.74, 6) is 0.116. The largest absolute Gasteiger partial charge is 0.441 e. The first-order valence-electron chi connectivity index (χ1n) is 5.03. The highest BCUT2D eigenvalue weighted by Crippen LogP contribution is 2.30. The zero-order valence-electron chi connectivity index (χ0n) is 8.76. The van der Waals surface area contributed by atoms with Gasteiger partial charge in [0.05, 0.1) is 0 Å². The minimum atomic E-state index is -4.10. The third-order valence-corrected chi connectivity index (χ3v) is 2.76. The van der Waals surface area contributed by atoms with Gasteiger partial charge >= 0.3 is 5.51 Å². The second-order valence-corrected chi connectivity index (χ2v) is 4.47. The highest BCUT2D eigenvalue weighted by molar-refractivity contribution is 8.00. The van der Waals surface area contributed by atoms with Crippen molar-refractivity contribution < 1.29 is 13.2 Å². The van der Waals surface area contributed by atoms with Crippen molar-refractivity contribution in [3.05, 3.63) is 35.9 Å². The van der Waals surface area contributed by atoms with Gasteiger partial charge in [-0.15, -0.1) is 0 Å². The molecule has 0 aliphatic heterocycles. The van der Waals surface area contributed by atoms with Gasteiger partial charge in [0.2, 0.25) is 0 Å². The smallest absolute Gasteiger partial charge is 0.313 e. The lowest BCUT2D eigenvalue weighted by Crippen LogP contribution is -2.15. The fourth-order valence-corrected chi connectivity index (χ4v) is 1.73. The number of nitrogens with one attached hydrogen (secondary N) is 1. The van der Waals surface area contributed by atoms with Gasteiger partial charge in [0.25, 0.3) is 0 Å². The Morgan fingerprint density at radius 2 is 1.81 bits per heavy atom. The maximum atomic E-state index is 11.8. The number of rotatable bonds is 6. The summed E-state index contributed by atoms with van der Waals surface area (Å²) >= 11 is 0.0398. The van der Waals surface area contributed by atoms with Crippen LogP contribution < -0.4 is 5.32 Å². The van der Waals surface area contributed by atoms with E-state index in [1.807, 2.05) is 30.3 Å². The van der Waals surface area contributed by atoms with Crippen LogP contribution in [0.1, 0.15) is 12.0 Å². The lowest BCUT2D eigenvalue weighted by Gasteiger charge is -2.06. The predicted octanol–water partition coefficient (Wildman–Crippen LogP) is 3.42. The number of benzene rings is 1. The summed E-state index contributed by atoms with van der Waals surface area (Å²) in [4.78, 5) is 0. The Hall–Kier alpha value is -0.680. The fraction of sp³-hybridized carbons (Fsp3) is 0.455. The molecular weight excluding hydrogens is 235 g/mol. The monoisotopic (exact) mass is 249 g/mol. The van der Waals surface area contributed by atoms with Crippen molar-refractivity contribution in [2.45, 2.75) is 18.5 Å². The van der Waals surface area contributed by atoms with E-state index in [1.54, 1.807) is 0 Å². The number of hydrogen-bond donors (Lipinski definition) is 1. The molecule has 16 heavy (non-hydrogen) atoms. The first kappa shape index (κ1) is 13.4. The van der Waals surface area contributed by atoms with Gasteiger partial charge < -0.3 is 5.32 Å². The maximum absolute atomic E-state index is 11.8. The number of alkyl halides is 3. The van der Waals surface area contributed by atoms with Crippen LogP contribution in [0.25, 0.3) is 0 Å². The molecule has 0 heterocycles. The second kappa shape index (κ2) is 6.81. The lowest BCUT2D eigenvalue weighted by atomic mass is 10.2. The van der Waals surface area contributed by atoms with Crippen LogP contribution in [0, 0.1) is 0 Å². The van der Waals surface area contributed by atoms with Crippen LogP contribution in [0.2, 0.25) is 0 Å². The van der Waals surface area contributed by atoms with E-state index in [-0.39, 0.29) is 17.5 Å². The van der Waals surface area contributed by atoms with Crippen LogP contribution in [-0.4, -0.2) is 17.8 Å². The van der Waals surface area contributed by atoms with Gasteiger partial charge in [-0.2, -0.15) is 13.2 Å². The Balaban J connectivity index is 2.01. The molecule has 1 N–H and O–H groups in total. The molecule has 5 heteroatoms. The van der Waals surface area contributed by atoms with Gasteiger partial charge in [0, 0.05) is 12.3 Å². The van der Waals surface area contributed by atoms with Crippen LogP contribution in [0.5, 0.6) is 0 Å². The molecule has 0 fully saturated rings. The molecule has 1 nitrogen and oxygen atoms in total. The molecule has 0 atom stereocenters. The van der Waals surface area contributed by atoms with Crippen molar-refractivity contribution in [2.75, 3.05) is 12.3 Å². The summed E-state index contributed by atoms with van der Waals surface area (Å²) in [6.45, 7) is 1.31. The van der Waals surface area contributed by atoms with Crippen molar-refractivity contribution >= 4 is 11.8 Å². The van der Waals surface area contributed by atoms with Crippen LogP contribution in [0.15, 0.2) is 30.3 Å². The van der Waals surface area contributed by atoms with E-state index in [2.05, 4.69) is 5.32 Å². The molecule has 0 aromatic heterocycles. The van der Waals surface area contributed by atoms with E-state index >= 15 is 0 Å². The Morgan fingerprint density at radius 3 is 2.44 bits per heavy atom. The van der Waals surface area contributed by atoms with Crippen LogP contribution in [0.4, 0.5) is 13.2 Å². The Kier molecular flexibility index (Phi) is 5.69. The maximum Gasteiger partial charge on any atom is 0.441 e. The minimum absolute atomic E-state index is 0.0398. The number of hydrogen-bond acceptors (Lipinski definition) is 2. The third-order valence-electron chi connectivity index (χ3n) is 1.94. The molecule has 90 valence electrons. The Morgan fingerprint density at radius 1 is 1.12 bits per heavy atom. The molecule has 0 amide bonds. The quantitative estimate of drug-likeness (QED) is 0.775. The molecule has 0 saturated heterocycles. The van der Waals surface area contributed by atoms with Crippen molar-refractivity contribution in [1.29, 1.82) is 0 Å². The van der Waals surface area contributed by atoms with E-state index in [0.29, 0.717) is 19.5 Å². The lowest BCUT2D eigenvalue weighted by molar-refractivity contribution is -0.0327. The van der Waals surface area contributed by atoms with Crippen molar-refractivity contribution in [3.63, 3.8) is 0 Å². The van der Waals surface area contributed by atoms with E-state index in [9.17, 15) is 13.2 Å². The summed E-state index contributed by atoms with van der Waals surface area (Å²) in [5.41, 5.74) is -2.95. The van der Waals surface area contributed by atoms with Gasteiger partial charge in [-0.3, -0.25) is 0 Å². The van der Waals surface area contributed by atoms with Gasteiger partial charge in [-0.1, -0.05) is 42.1 Å². The molecule has 0 bridgehead atoms. The van der Waals surface area contributed by atoms with E-state index in [4.69, 9.17) is 0 Å². The number of thioether (sulfide) groups is 1. The molecule has 0 spiro atoms. The molecule has 0 unspecified atom stereocenters. The number of halogens is 3. The highest BCUT2D eigenvalue weighted by Gasteiger charge is 2.27.